The Morgan fingerprint density at radius 3 is 2.32 bits per heavy atom. The van der Waals surface area contributed by atoms with Crippen LogP contribution in [0.5, 0.6) is 0 Å². The number of ether oxygens (including phenoxy) is 1. The molecule has 1 saturated heterocycles. The highest BCUT2D eigenvalue weighted by Crippen LogP contribution is 2.39. The summed E-state index contributed by atoms with van der Waals surface area (Å²) >= 11 is 3.15. The second-order valence-corrected chi connectivity index (χ2v) is 6.46. The summed E-state index contributed by atoms with van der Waals surface area (Å²) < 4.78 is 60.7. The maximum Gasteiger partial charge on any atom is 0.416 e. The first kappa shape index (κ1) is 20.2. The van der Waals surface area contributed by atoms with Crippen LogP contribution in [-0.2, 0) is 10.9 Å². The summed E-state index contributed by atoms with van der Waals surface area (Å²) in [7, 11) is 0. The summed E-state index contributed by atoms with van der Waals surface area (Å²) in [4.78, 5) is 0. The van der Waals surface area contributed by atoms with Crippen molar-refractivity contribution in [3.05, 3.63) is 69.4 Å². The van der Waals surface area contributed by atoms with Crippen LogP contribution in [0.15, 0.2) is 46.9 Å². The molecule has 1 atom stereocenters. The summed E-state index contributed by atoms with van der Waals surface area (Å²) in [6.07, 6.45) is -5.91. The molecule has 136 valence electrons. The first-order chi connectivity index (χ1) is 11.4. The Morgan fingerprint density at radius 2 is 1.76 bits per heavy atom. The number of alkyl halides is 3. The van der Waals surface area contributed by atoms with Crippen molar-refractivity contribution in [2.24, 2.45) is 0 Å². The summed E-state index contributed by atoms with van der Waals surface area (Å²) in [5, 5.41) is 2.99. The largest absolute Gasteiger partial charge is 0.416 e. The van der Waals surface area contributed by atoms with Gasteiger partial charge in [0.15, 0.2) is 0 Å². The van der Waals surface area contributed by atoms with Crippen LogP contribution in [0.2, 0.25) is 0 Å². The van der Waals surface area contributed by atoms with E-state index in [1.807, 2.05) is 0 Å². The van der Waals surface area contributed by atoms with Gasteiger partial charge in [-0.3, -0.25) is 0 Å². The van der Waals surface area contributed by atoms with Gasteiger partial charge in [0.2, 0.25) is 0 Å². The molecule has 2 aromatic rings. The minimum atomic E-state index is -4.54. The zero-order valence-electron chi connectivity index (χ0n) is 12.8. The molecule has 0 aromatic heterocycles. The van der Waals surface area contributed by atoms with E-state index in [4.69, 9.17) is 4.74 Å². The van der Waals surface area contributed by atoms with E-state index >= 15 is 0 Å². The van der Waals surface area contributed by atoms with Gasteiger partial charge in [0, 0.05) is 23.1 Å². The monoisotopic (exact) mass is 439 g/mol. The Bertz CT molecular complexity index is 737. The van der Waals surface area contributed by atoms with Crippen LogP contribution in [0.1, 0.15) is 22.8 Å². The Hall–Kier alpha value is -1.15. The summed E-state index contributed by atoms with van der Waals surface area (Å²) in [6.45, 7) is 1.06. The molecular weight excluding hydrogens is 426 g/mol. The number of hydrogen-bond acceptors (Lipinski definition) is 2. The zero-order valence-corrected chi connectivity index (χ0v) is 15.2. The SMILES string of the molecule is Cl.Fc1cc(Br)ccc1C(OC1CNC1)c1ccccc1C(F)(F)F. The molecule has 25 heavy (non-hydrogen) atoms. The molecule has 8 heteroatoms. The number of rotatable bonds is 4. The molecule has 0 amide bonds. The van der Waals surface area contributed by atoms with Gasteiger partial charge in [-0.05, 0) is 23.8 Å². The molecule has 1 aliphatic rings. The minimum absolute atomic E-state index is 0. The highest BCUT2D eigenvalue weighted by atomic mass is 79.9. The highest BCUT2D eigenvalue weighted by Gasteiger charge is 2.37. The molecule has 2 nitrogen and oxygen atoms in total. The summed E-state index contributed by atoms with van der Waals surface area (Å²) in [5.74, 6) is -0.612. The molecule has 1 fully saturated rings. The predicted octanol–water partition coefficient (Wildman–Crippen LogP) is 5.11. The fourth-order valence-electron chi connectivity index (χ4n) is 2.56. The van der Waals surface area contributed by atoms with Gasteiger partial charge < -0.3 is 10.1 Å². The predicted molar refractivity (Wildman–Crippen MR) is 92.4 cm³/mol. The molecule has 1 aliphatic heterocycles. The van der Waals surface area contributed by atoms with E-state index in [2.05, 4.69) is 21.2 Å². The van der Waals surface area contributed by atoms with Gasteiger partial charge in [0.25, 0.3) is 0 Å². The Morgan fingerprint density at radius 1 is 1.08 bits per heavy atom. The third-order valence-electron chi connectivity index (χ3n) is 3.87. The lowest BCUT2D eigenvalue weighted by atomic mass is 9.95. The van der Waals surface area contributed by atoms with E-state index in [0.29, 0.717) is 17.6 Å². The number of nitrogens with one attached hydrogen (secondary N) is 1. The quantitative estimate of drug-likeness (QED) is 0.668. The molecule has 0 saturated carbocycles. The molecule has 0 bridgehead atoms. The van der Waals surface area contributed by atoms with Crippen LogP contribution in [0.4, 0.5) is 17.6 Å². The fraction of sp³-hybridized carbons (Fsp3) is 0.294. The molecule has 0 spiro atoms. The van der Waals surface area contributed by atoms with Crippen molar-refractivity contribution in [2.45, 2.75) is 18.4 Å². The maximum atomic E-state index is 14.4. The second kappa shape index (κ2) is 8.03. The third-order valence-corrected chi connectivity index (χ3v) is 4.36. The fourth-order valence-corrected chi connectivity index (χ4v) is 2.90. The van der Waals surface area contributed by atoms with Crippen molar-refractivity contribution in [3.63, 3.8) is 0 Å². The molecule has 1 heterocycles. The molecule has 0 aliphatic carbocycles. The van der Waals surface area contributed by atoms with Crippen LogP contribution in [-0.4, -0.2) is 19.2 Å². The van der Waals surface area contributed by atoms with E-state index in [9.17, 15) is 17.6 Å². The molecule has 0 radical (unpaired) electrons. The number of benzene rings is 2. The maximum absolute atomic E-state index is 14.4. The molecule has 2 aromatic carbocycles. The van der Waals surface area contributed by atoms with Crippen molar-refractivity contribution in [2.75, 3.05) is 13.1 Å². The average Bonchev–Trinajstić information content (AvgIpc) is 2.47. The van der Waals surface area contributed by atoms with Crippen molar-refractivity contribution in [1.82, 2.24) is 5.32 Å². The lowest BCUT2D eigenvalue weighted by molar-refractivity contribution is -0.140. The highest BCUT2D eigenvalue weighted by molar-refractivity contribution is 9.10. The average molecular weight is 441 g/mol. The van der Waals surface area contributed by atoms with Gasteiger partial charge in [-0.25, -0.2) is 4.39 Å². The van der Waals surface area contributed by atoms with Crippen LogP contribution < -0.4 is 5.32 Å². The molecule has 1 unspecified atom stereocenters. The molecule has 1 N–H and O–H groups in total. The first-order valence-corrected chi connectivity index (χ1v) is 8.13. The Balaban J connectivity index is 0.00000225. The Kier molecular flexibility index (Phi) is 6.48. The van der Waals surface area contributed by atoms with Gasteiger partial charge >= 0.3 is 6.18 Å². The van der Waals surface area contributed by atoms with Crippen LogP contribution in [0, 0.1) is 5.82 Å². The van der Waals surface area contributed by atoms with Gasteiger partial charge in [-0.15, -0.1) is 12.4 Å². The van der Waals surface area contributed by atoms with Crippen molar-refractivity contribution in [1.29, 1.82) is 0 Å². The standard InChI is InChI=1S/C17H14BrF4NO.ClH/c18-10-5-6-13(15(19)7-10)16(24-11-8-23-9-11)12-3-1-2-4-14(12)17(20,21)22;/h1-7,11,16,23H,8-9H2;1H. The van der Waals surface area contributed by atoms with E-state index < -0.39 is 23.7 Å². The van der Waals surface area contributed by atoms with E-state index in [1.54, 1.807) is 6.07 Å². The Labute approximate surface area is 157 Å². The van der Waals surface area contributed by atoms with E-state index in [-0.39, 0.29) is 29.6 Å². The molecular formula is C17H15BrClF4NO. The third kappa shape index (κ3) is 4.53. The normalized spacial score (nSPS) is 16.0. The smallest absolute Gasteiger partial charge is 0.363 e. The van der Waals surface area contributed by atoms with Gasteiger partial charge in [0.05, 0.1) is 11.7 Å². The first-order valence-electron chi connectivity index (χ1n) is 7.33. The van der Waals surface area contributed by atoms with Crippen LogP contribution in [0.3, 0.4) is 0 Å². The molecule has 3 rings (SSSR count). The van der Waals surface area contributed by atoms with E-state index in [0.717, 1.165) is 6.07 Å². The van der Waals surface area contributed by atoms with Gasteiger partial charge in [0.1, 0.15) is 11.9 Å². The van der Waals surface area contributed by atoms with Crippen LogP contribution >= 0.6 is 28.3 Å². The van der Waals surface area contributed by atoms with Crippen molar-refractivity contribution < 1.29 is 22.3 Å². The van der Waals surface area contributed by atoms with Gasteiger partial charge in [-0.2, -0.15) is 13.2 Å². The van der Waals surface area contributed by atoms with Crippen LogP contribution in [0.25, 0.3) is 0 Å². The van der Waals surface area contributed by atoms with E-state index in [1.165, 1.54) is 30.3 Å². The lowest BCUT2D eigenvalue weighted by Gasteiger charge is -2.33. The van der Waals surface area contributed by atoms with Crippen molar-refractivity contribution in [3.8, 4) is 0 Å². The topological polar surface area (TPSA) is 21.3 Å². The van der Waals surface area contributed by atoms with Gasteiger partial charge in [-0.1, -0.05) is 40.2 Å². The number of halogens is 6. The second-order valence-electron chi connectivity index (χ2n) is 5.55. The number of hydrogen-bond donors (Lipinski definition) is 1. The summed E-state index contributed by atoms with van der Waals surface area (Å²) in [6, 6.07) is 9.39. The minimum Gasteiger partial charge on any atom is -0.363 e. The zero-order chi connectivity index (χ0) is 17.3. The lowest BCUT2D eigenvalue weighted by Crippen LogP contribution is -2.49. The van der Waals surface area contributed by atoms with Crippen molar-refractivity contribution >= 4 is 28.3 Å². The summed E-state index contributed by atoms with van der Waals surface area (Å²) in [5.41, 5.74) is -0.815.